The first-order valence-corrected chi connectivity index (χ1v) is 12.5. The second-order valence-electron chi connectivity index (χ2n) is 9.80. The minimum atomic E-state index is 0.0101. The summed E-state index contributed by atoms with van der Waals surface area (Å²) in [5, 5.41) is 3.17. The Morgan fingerprint density at radius 1 is 0.903 bits per heavy atom. The number of aromatic nitrogens is 2. The molecule has 1 aliphatic carbocycles. The third-order valence-corrected chi connectivity index (χ3v) is 7.86. The molecule has 31 heavy (non-hydrogen) atoms. The molecule has 2 bridgehead atoms. The Kier molecular flexibility index (Phi) is 6.28. The fourth-order valence-electron chi connectivity index (χ4n) is 6.55. The van der Waals surface area contributed by atoms with Gasteiger partial charge in [0.05, 0.1) is 11.0 Å². The first kappa shape index (κ1) is 21.0. The Morgan fingerprint density at radius 2 is 1.58 bits per heavy atom. The molecule has 2 aromatic rings. The molecule has 6 heteroatoms. The van der Waals surface area contributed by atoms with Gasteiger partial charge in [-0.15, -0.1) is 0 Å². The van der Waals surface area contributed by atoms with Crippen LogP contribution >= 0.6 is 0 Å². The highest BCUT2D eigenvalue weighted by Crippen LogP contribution is 2.44. The Balaban J connectivity index is 1.44. The molecular formula is C25H37N5O. The van der Waals surface area contributed by atoms with E-state index in [-0.39, 0.29) is 11.6 Å². The van der Waals surface area contributed by atoms with E-state index < -0.39 is 0 Å². The van der Waals surface area contributed by atoms with Gasteiger partial charge in [0.1, 0.15) is 0 Å². The fourth-order valence-corrected chi connectivity index (χ4v) is 6.55. The molecule has 1 aromatic carbocycles. The Hall–Kier alpha value is -1.92. The summed E-state index contributed by atoms with van der Waals surface area (Å²) >= 11 is 0. The number of nitrogens with one attached hydrogen (secondary N) is 1. The van der Waals surface area contributed by atoms with Gasteiger partial charge in [0, 0.05) is 37.3 Å². The van der Waals surface area contributed by atoms with Crippen LogP contribution in [0.15, 0.2) is 29.1 Å². The van der Waals surface area contributed by atoms with Crippen molar-refractivity contribution in [3.8, 4) is 0 Å². The zero-order valence-electron chi connectivity index (χ0n) is 18.6. The molecule has 0 spiro atoms. The minimum absolute atomic E-state index is 0.0101. The first-order valence-electron chi connectivity index (χ1n) is 12.5. The highest BCUT2D eigenvalue weighted by molar-refractivity contribution is 5.76. The van der Waals surface area contributed by atoms with Crippen LogP contribution in [0.25, 0.3) is 11.0 Å². The molecule has 3 fully saturated rings. The van der Waals surface area contributed by atoms with Gasteiger partial charge in [-0.2, -0.15) is 0 Å². The van der Waals surface area contributed by atoms with E-state index >= 15 is 0 Å². The van der Waals surface area contributed by atoms with Crippen LogP contribution in [0.4, 0.5) is 5.82 Å². The normalized spacial score (nSPS) is 27.8. The summed E-state index contributed by atoms with van der Waals surface area (Å²) in [7, 11) is 0. The molecule has 1 saturated carbocycles. The summed E-state index contributed by atoms with van der Waals surface area (Å²) in [5.74, 6) is 0.443. The van der Waals surface area contributed by atoms with Crippen molar-refractivity contribution in [2.75, 3.05) is 18.4 Å². The van der Waals surface area contributed by atoms with Crippen molar-refractivity contribution in [1.29, 1.82) is 0 Å². The molecule has 2 saturated heterocycles. The Morgan fingerprint density at radius 3 is 2.29 bits per heavy atom. The lowest BCUT2D eigenvalue weighted by Crippen LogP contribution is -2.50. The summed E-state index contributed by atoms with van der Waals surface area (Å²) < 4.78 is 2.06. The first-order chi connectivity index (χ1) is 15.3. The van der Waals surface area contributed by atoms with Crippen LogP contribution in [0.3, 0.4) is 0 Å². The highest BCUT2D eigenvalue weighted by Gasteiger charge is 2.44. The second kappa shape index (κ2) is 9.29. The lowest BCUT2D eigenvalue weighted by Gasteiger charge is -2.45. The average Bonchev–Trinajstić information content (AvgIpc) is 3.01. The van der Waals surface area contributed by atoms with Crippen LogP contribution in [0.5, 0.6) is 0 Å². The van der Waals surface area contributed by atoms with Gasteiger partial charge in [0.25, 0.3) is 5.56 Å². The van der Waals surface area contributed by atoms with Crippen molar-refractivity contribution < 1.29 is 0 Å². The third kappa shape index (κ3) is 4.12. The lowest BCUT2D eigenvalue weighted by molar-refractivity contribution is 0.0498. The molecule has 6 nitrogen and oxygen atoms in total. The van der Waals surface area contributed by atoms with Gasteiger partial charge < -0.3 is 15.6 Å². The van der Waals surface area contributed by atoms with E-state index in [9.17, 15) is 4.79 Å². The standard InChI is InChI=1S/C25H37N5O/c26-14-15-27-24-25(31)30(23-11-7-6-10-22(23)28-24)21-16-19-12-13-20(17-21)29(19)18-8-4-2-1-3-5-9-18/h6-7,10-11,18-21H,1-5,8-9,12-17,26H2,(H,27,28)/t19-,20?,21?/m0/s1. The van der Waals surface area contributed by atoms with Crippen molar-refractivity contribution in [3.05, 3.63) is 34.6 Å². The van der Waals surface area contributed by atoms with Gasteiger partial charge in [0.15, 0.2) is 5.82 Å². The molecule has 3 aliphatic rings. The number of nitrogens with two attached hydrogens (primary N) is 1. The van der Waals surface area contributed by atoms with Gasteiger partial charge in [-0.1, -0.05) is 44.2 Å². The van der Waals surface area contributed by atoms with Crippen LogP contribution in [0, 0.1) is 0 Å². The molecule has 0 radical (unpaired) electrons. The van der Waals surface area contributed by atoms with Crippen LogP contribution in [-0.2, 0) is 0 Å². The number of rotatable bonds is 5. The van der Waals surface area contributed by atoms with E-state index in [1.807, 2.05) is 18.2 Å². The zero-order chi connectivity index (χ0) is 21.2. The molecule has 2 unspecified atom stereocenters. The van der Waals surface area contributed by atoms with Crippen LogP contribution in [-0.4, -0.2) is 45.7 Å². The van der Waals surface area contributed by atoms with Gasteiger partial charge in [-0.05, 0) is 50.7 Å². The maximum atomic E-state index is 13.5. The van der Waals surface area contributed by atoms with Crippen molar-refractivity contribution in [2.24, 2.45) is 5.73 Å². The summed E-state index contributed by atoms with van der Waals surface area (Å²) in [4.78, 5) is 21.0. The molecule has 3 heterocycles. The maximum absolute atomic E-state index is 13.5. The second-order valence-corrected chi connectivity index (χ2v) is 9.80. The van der Waals surface area contributed by atoms with E-state index in [0.717, 1.165) is 29.9 Å². The number of hydrogen-bond acceptors (Lipinski definition) is 5. The fraction of sp³-hybridized carbons (Fsp3) is 0.680. The zero-order valence-corrected chi connectivity index (χ0v) is 18.6. The SMILES string of the molecule is NCCNc1nc2ccccc2n(C2CC3CC[C@@H](C2)N3C2CCCCCCC2)c1=O. The summed E-state index contributed by atoms with van der Waals surface area (Å²) in [6.45, 7) is 1.05. The van der Waals surface area contributed by atoms with Crippen molar-refractivity contribution in [2.45, 2.75) is 94.8 Å². The van der Waals surface area contributed by atoms with E-state index in [1.165, 1.54) is 57.8 Å². The van der Waals surface area contributed by atoms with E-state index in [0.29, 0.717) is 31.0 Å². The Bertz CT molecular complexity index is 935. The summed E-state index contributed by atoms with van der Waals surface area (Å²) in [6, 6.07) is 10.3. The van der Waals surface area contributed by atoms with Crippen LogP contribution in [0.1, 0.15) is 76.7 Å². The monoisotopic (exact) mass is 423 g/mol. The van der Waals surface area contributed by atoms with Gasteiger partial charge >= 0.3 is 0 Å². The molecule has 168 valence electrons. The molecule has 2 aliphatic heterocycles. The smallest absolute Gasteiger partial charge is 0.294 e. The number of hydrogen-bond donors (Lipinski definition) is 2. The summed E-state index contributed by atoms with van der Waals surface area (Å²) in [5.41, 5.74) is 7.53. The number of fused-ring (bicyclic) bond motifs is 3. The minimum Gasteiger partial charge on any atom is -0.364 e. The molecule has 3 atom stereocenters. The van der Waals surface area contributed by atoms with Crippen molar-refractivity contribution in [3.63, 3.8) is 0 Å². The lowest BCUT2D eigenvalue weighted by atomic mass is 9.89. The van der Waals surface area contributed by atoms with Crippen molar-refractivity contribution in [1.82, 2.24) is 14.5 Å². The van der Waals surface area contributed by atoms with Crippen LogP contribution < -0.4 is 16.6 Å². The largest absolute Gasteiger partial charge is 0.364 e. The number of anilines is 1. The summed E-state index contributed by atoms with van der Waals surface area (Å²) in [6.07, 6.45) is 14.4. The quantitative estimate of drug-likeness (QED) is 0.759. The molecule has 0 amide bonds. The highest BCUT2D eigenvalue weighted by atomic mass is 16.1. The number of nitrogens with zero attached hydrogens (tertiary/aromatic N) is 3. The number of para-hydroxylation sites is 2. The molecule has 3 N–H and O–H groups in total. The predicted molar refractivity (Wildman–Crippen MR) is 127 cm³/mol. The van der Waals surface area contributed by atoms with Gasteiger partial charge in [-0.3, -0.25) is 9.69 Å². The predicted octanol–water partition coefficient (Wildman–Crippen LogP) is 4.05. The van der Waals surface area contributed by atoms with Crippen molar-refractivity contribution >= 4 is 16.9 Å². The number of benzene rings is 1. The maximum Gasteiger partial charge on any atom is 0.294 e. The Labute approximate surface area is 185 Å². The van der Waals surface area contributed by atoms with Gasteiger partial charge in [-0.25, -0.2) is 4.98 Å². The van der Waals surface area contributed by atoms with E-state index in [1.54, 1.807) is 0 Å². The topological polar surface area (TPSA) is 76.2 Å². The molecule has 5 rings (SSSR count). The number of piperidine rings is 1. The van der Waals surface area contributed by atoms with E-state index in [4.69, 9.17) is 5.73 Å². The molecular weight excluding hydrogens is 386 g/mol. The molecule has 1 aromatic heterocycles. The van der Waals surface area contributed by atoms with Crippen LogP contribution in [0.2, 0.25) is 0 Å². The average molecular weight is 424 g/mol. The van der Waals surface area contributed by atoms with E-state index in [2.05, 4.69) is 25.8 Å². The third-order valence-electron chi connectivity index (χ3n) is 7.86. The van der Waals surface area contributed by atoms with Gasteiger partial charge in [0.2, 0.25) is 0 Å².